The Bertz CT molecular complexity index is 908. The SMILES string of the molecule is CN(Cc1ccc(Cl)s1)C(=O)COC(=O)CCC(=O)c1ccc2c(c1)CCCC2. The highest BCUT2D eigenvalue weighted by Crippen LogP contribution is 2.23. The minimum absolute atomic E-state index is 0.0343. The van der Waals surface area contributed by atoms with Gasteiger partial charge in [-0.25, -0.2) is 0 Å². The van der Waals surface area contributed by atoms with Crippen LogP contribution in [0.1, 0.15) is 52.0 Å². The van der Waals surface area contributed by atoms with Gasteiger partial charge in [-0.2, -0.15) is 0 Å². The fourth-order valence-corrected chi connectivity index (χ4v) is 4.49. The number of fused-ring (bicyclic) bond motifs is 1. The number of esters is 1. The van der Waals surface area contributed by atoms with Crippen LogP contribution in [0.15, 0.2) is 30.3 Å². The number of amides is 1. The Morgan fingerprint density at radius 1 is 1.07 bits per heavy atom. The average Bonchev–Trinajstić information content (AvgIpc) is 3.14. The van der Waals surface area contributed by atoms with Crippen LogP contribution in [-0.2, 0) is 33.7 Å². The van der Waals surface area contributed by atoms with E-state index in [-0.39, 0.29) is 31.1 Å². The van der Waals surface area contributed by atoms with Crippen molar-refractivity contribution >= 4 is 40.6 Å². The standard InChI is InChI=1S/C22H24ClNO4S/c1-24(13-18-8-10-20(23)29-18)21(26)14-28-22(27)11-9-19(25)17-7-6-15-4-2-3-5-16(15)12-17/h6-8,10,12H,2-5,9,11,13-14H2,1H3. The lowest BCUT2D eigenvalue weighted by atomic mass is 9.89. The average molecular weight is 434 g/mol. The van der Waals surface area contributed by atoms with Gasteiger partial charge >= 0.3 is 5.97 Å². The molecule has 0 unspecified atom stereocenters. The first-order chi connectivity index (χ1) is 13.9. The molecule has 0 fully saturated rings. The van der Waals surface area contributed by atoms with Gasteiger partial charge in [-0.05, 0) is 55.0 Å². The van der Waals surface area contributed by atoms with Crippen molar-refractivity contribution in [2.75, 3.05) is 13.7 Å². The maximum Gasteiger partial charge on any atom is 0.306 e. The van der Waals surface area contributed by atoms with Crippen molar-refractivity contribution in [2.24, 2.45) is 0 Å². The number of carbonyl (C=O) groups excluding carboxylic acids is 3. The Balaban J connectivity index is 1.41. The third-order valence-corrected chi connectivity index (χ3v) is 6.25. The molecule has 1 amide bonds. The molecule has 0 bridgehead atoms. The van der Waals surface area contributed by atoms with Gasteiger partial charge in [0.15, 0.2) is 12.4 Å². The number of nitrogens with zero attached hydrogens (tertiary/aromatic N) is 1. The third-order valence-electron chi connectivity index (χ3n) is 5.03. The van der Waals surface area contributed by atoms with Gasteiger partial charge in [-0.15, -0.1) is 11.3 Å². The Hall–Kier alpha value is -2.18. The summed E-state index contributed by atoms with van der Waals surface area (Å²) in [6, 6.07) is 9.45. The molecule has 7 heteroatoms. The van der Waals surface area contributed by atoms with Crippen LogP contribution in [0, 0.1) is 0 Å². The summed E-state index contributed by atoms with van der Waals surface area (Å²) < 4.78 is 5.70. The maximum atomic E-state index is 12.4. The highest BCUT2D eigenvalue weighted by atomic mass is 35.5. The zero-order valence-electron chi connectivity index (χ0n) is 16.4. The van der Waals surface area contributed by atoms with E-state index in [2.05, 4.69) is 0 Å². The normalized spacial score (nSPS) is 12.9. The van der Waals surface area contributed by atoms with Crippen molar-refractivity contribution in [1.29, 1.82) is 0 Å². The van der Waals surface area contributed by atoms with Crippen LogP contribution in [0.3, 0.4) is 0 Å². The van der Waals surface area contributed by atoms with E-state index in [1.54, 1.807) is 13.1 Å². The number of rotatable bonds is 8. The smallest absolute Gasteiger partial charge is 0.306 e. The number of hydrogen-bond donors (Lipinski definition) is 0. The summed E-state index contributed by atoms with van der Waals surface area (Å²) in [6.45, 7) is 0.0755. The molecule has 0 atom stereocenters. The molecular weight excluding hydrogens is 410 g/mol. The molecule has 1 aromatic heterocycles. The first-order valence-corrected chi connectivity index (χ1v) is 10.9. The fraction of sp³-hybridized carbons (Fsp3) is 0.409. The van der Waals surface area contributed by atoms with Gasteiger partial charge in [-0.1, -0.05) is 23.7 Å². The molecule has 1 heterocycles. The second-order valence-corrected chi connectivity index (χ2v) is 9.03. The van der Waals surface area contributed by atoms with Gasteiger partial charge in [-0.3, -0.25) is 14.4 Å². The number of likely N-dealkylation sites (N-methyl/N-ethyl adjacent to an activating group) is 1. The van der Waals surface area contributed by atoms with Crippen LogP contribution in [0.4, 0.5) is 0 Å². The van der Waals surface area contributed by atoms with Crippen LogP contribution in [-0.4, -0.2) is 36.2 Å². The van der Waals surface area contributed by atoms with Gasteiger partial charge in [0.1, 0.15) is 0 Å². The number of hydrogen-bond acceptors (Lipinski definition) is 5. The van der Waals surface area contributed by atoms with Crippen molar-refractivity contribution in [3.8, 4) is 0 Å². The van der Waals surface area contributed by atoms with E-state index >= 15 is 0 Å². The molecule has 0 N–H and O–H groups in total. The molecule has 1 aliphatic carbocycles. The van der Waals surface area contributed by atoms with Gasteiger partial charge in [0.05, 0.1) is 17.3 Å². The third kappa shape index (κ3) is 6.15. The quantitative estimate of drug-likeness (QED) is 0.456. The molecule has 0 radical (unpaired) electrons. The summed E-state index contributed by atoms with van der Waals surface area (Å²) in [6.07, 6.45) is 4.47. The highest BCUT2D eigenvalue weighted by Gasteiger charge is 2.16. The first-order valence-electron chi connectivity index (χ1n) is 9.71. The maximum absolute atomic E-state index is 12.4. The van der Waals surface area contributed by atoms with Crippen LogP contribution in [0.2, 0.25) is 4.34 Å². The Morgan fingerprint density at radius 3 is 2.55 bits per heavy atom. The molecule has 29 heavy (non-hydrogen) atoms. The lowest BCUT2D eigenvalue weighted by Crippen LogP contribution is -2.30. The molecule has 0 saturated carbocycles. The molecule has 0 spiro atoms. The van der Waals surface area contributed by atoms with Crippen molar-refractivity contribution in [2.45, 2.75) is 45.1 Å². The minimum Gasteiger partial charge on any atom is -0.456 e. The van der Waals surface area contributed by atoms with E-state index in [0.717, 1.165) is 24.1 Å². The number of benzene rings is 1. The summed E-state index contributed by atoms with van der Waals surface area (Å²) in [5.41, 5.74) is 3.20. The van der Waals surface area contributed by atoms with Crippen LogP contribution >= 0.6 is 22.9 Å². The Labute approximate surface area is 179 Å². The number of aryl methyl sites for hydroxylation is 2. The summed E-state index contributed by atoms with van der Waals surface area (Å²) in [4.78, 5) is 38.9. The molecule has 154 valence electrons. The van der Waals surface area contributed by atoms with E-state index in [1.807, 2.05) is 24.3 Å². The van der Waals surface area contributed by atoms with E-state index in [4.69, 9.17) is 16.3 Å². The van der Waals surface area contributed by atoms with E-state index in [9.17, 15) is 14.4 Å². The second-order valence-electron chi connectivity index (χ2n) is 7.23. The predicted octanol–water partition coefficient (Wildman–Crippen LogP) is 4.45. The molecule has 0 saturated heterocycles. The summed E-state index contributed by atoms with van der Waals surface area (Å²) in [5, 5.41) is 0. The summed E-state index contributed by atoms with van der Waals surface area (Å²) in [5.74, 6) is -0.922. The van der Waals surface area contributed by atoms with Crippen molar-refractivity contribution in [1.82, 2.24) is 4.90 Å². The molecule has 1 aromatic carbocycles. The first kappa shape index (κ1) is 21.5. The topological polar surface area (TPSA) is 63.7 Å². The number of halogens is 1. The van der Waals surface area contributed by atoms with Gasteiger partial charge in [0.25, 0.3) is 5.91 Å². The van der Waals surface area contributed by atoms with Gasteiger partial charge < -0.3 is 9.64 Å². The molecule has 3 rings (SSSR count). The Morgan fingerprint density at radius 2 is 1.83 bits per heavy atom. The van der Waals surface area contributed by atoms with Crippen molar-refractivity contribution in [3.05, 3.63) is 56.2 Å². The molecular formula is C22H24ClNO4S. The molecule has 1 aliphatic rings. The summed E-state index contributed by atoms with van der Waals surface area (Å²) >= 11 is 7.29. The second kappa shape index (κ2) is 10.0. The van der Waals surface area contributed by atoms with Crippen LogP contribution in [0.25, 0.3) is 0 Å². The van der Waals surface area contributed by atoms with E-state index < -0.39 is 5.97 Å². The number of ketones is 1. The zero-order chi connectivity index (χ0) is 20.8. The molecule has 5 nitrogen and oxygen atoms in total. The van der Waals surface area contributed by atoms with E-state index in [0.29, 0.717) is 16.4 Å². The zero-order valence-corrected chi connectivity index (χ0v) is 18.0. The van der Waals surface area contributed by atoms with Crippen LogP contribution < -0.4 is 0 Å². The predicted molar refractivity (Wildman–Crippen MR) is 113 cm³/mol. The van der Waals surface area contributed by atoms with Gasteiger partial charge in [0.2, 0.25) is 0 Å². The van der Waals surface area contributed by atoms with Crippen LogP contribution in [0.5, 0.6) is 0 Å². The molecule has 2 aromatic rings. The Kier molecular flexibility index (Phi) is 7.45. The van der Waals surface area contributed by atoms with Gasteiger partial charge in [0, 0.05) is 23.9 Å². The number of ether oxygens (including phenoxy) is 1. The monoisotopic (exact) mass is 433 g/mol. The number of carbonyl (C=O) groups is 3. The molecule has 0 aliphatic heterocycles. The largest absolute Gasteiger partial charge is 0.456 e. The highest BCUT2D eigenvalue weighted by molar-refractivity contribution is 7.16. The minimum atomic E-state index is -0.544. The summed E-state index contributed by atoms with van der Waals surface area (Å²) in [7, 11) is 1.64. The van der Waals surface area contributed by atoms with Crippen molar-refractivity contribution in [3.63, 3.8) is 0 Å². The van der Waals surface area contributed by atoms with E-state index in [1.165, 1.54) is 33.8 Å². The fourth-order valence-electron chi connectivity index (χ4n) is 3.35. The number of Topliss-reactive ketones (excluding diaryl/α,β-unsaturated/α-hetero) is 1. The number of thiophene rings is 1. The lowest BCUT2D eigenvalue weighted by molar-refractivity contribution is -0.151. The van der Waals surface area contributed by atoms with Crippen molar-refractivity contribution < 1.29 is 19.1 Å². The lowest BCUT2D eigenvalue weighted by Gasteiger charge is -2.16.